The van der Waals surface area contributed by atoms with Gasteiger partial charge in [-0.1, -0.05) is 12.1 Å². The topological polar surface area (TPSA) is 139 Å². The van der Waals surface area contributed by atoms with Crippen LogP contribution in [0.2, 0.25) is 0 Å². The number of benzene rings is 2. The Morgan fingerprint density at radius 2 is 1.77 bits per heavy atom. The minimum absolute atomic E-state index is 0.0513. The highest BCUT2D eigenvalue weighted by Crippen LogP contribution is 2.29. The average Bonchev–Trinajstić information content (AvgIpc) is 2.82. The van der Waals surface area contributed by atoms with Gasteiger partial charge in [-0.05, 0) is 37.3 Å². The lowest BCUT2D eigenvalue weighted by atomic mass is 10.1. The Kier molecular flexibility index (Phi) is 8.15. The highest BCUT2D eigenvalue weighted by molar-refractivity contribution is 7.92. The molecule has 0 bridgehead atoms. The van der Waals surface area contributed by atoms with Crippen LogP contribution in [0.25, 0.3) is 0 Å². The van der Waals surface area contributed by atoms with Gasteiger partial charge in [-0.25, -0.2) is 16.8 Å². The van der Waals surface area contributed by atoms with E-state index in [1.54, 1.807) is 0 Å². The number of nitrogens with one attached hydrogen (secondary N) is 1. The predicted molar refractivity (Wildman–Crippen MR) is 130 cm³/mol. The van der Waals surface area contributed by atoms with E-state index in [1.807, 2.05) is 0 Å². The van der Waals surface area contributed by atoms with E-state index >= 15 is 0 Å². The lowest BCUT2D eigenvalue weighted by Gasteiger charge is -2.26. The summed E-state index contributed by atoms with van der Waals surface area (Å²) in [5, 5.41) is 2.54. The number of sulfonamides is 2. The number of nitrogens with zero attached hydrogens (tertiary/aromatic N) is 2. The van der Waals surface area contributed by atoms with Crippen molar-refractivity contribution in [3.8, 4) is 5.75 Å². The molecule has 0 saturated carbocycles. The number of rotatable bonds is 9. The third-order valence-corrected chi connectivity index (χ3v) is 8.32. The molecule has 1 aliphatic heterocycles. The molecule has 11 nitrogen and oxygen atoms in total. The van der Waals surface area contributed by atoms with Crippen LogP contribution in [0.4, 0.5) is 11.4 Å². The maximum atomic E-state index is 13.0. The fraction of sp³-hybridized carbons (Fsp3) is 0.364. The van der Waals surface area contributed by atoms with E-state index in [2.05, 4.69) is 5.32 Å². The molecule has 0 radical (unpaired) electrons. The van der Waals surface area contributed by atoms with Crippen molar-refractivity contribution in [1.29, 1.82) is 0 Å². The first kappa shape index (κ1) is 26.6. The second-order valence-corrected chi connectivity index (χ2v) is 11.6. The molecule has 0 unspecified atom stereocenters. The summed E-state index contributed by atoms with van der Waals surface area (Å²) < 4.78 is 63.5. The van der Waals surface area contributed by atoms with E-state index in [4.69, 9.17) is 9.47 Å². The fourth-order valence-electron chi connectivity index (χ4n) is 3.48. The number of ketones is 1. The van der Waals surface area contributed by atoms with Gasteiger partial charge >= 0.3 is 0 Å². The molecule has 3 rings (SSSR count). The minimum atomic E-state index is -3.89. The van der Waals surface area contributed by atoms with Crippen LogP contribution in [0.5, 0.6) is 5.75 Å². The number of methoxy groups -OCH3 is 1. The zero-order chi connectivity index (χ0) is 25.8. The molecular formula is C22H27N3O8S2. The summed E-state index contributed by atoms with van der Waals surface area (Å²) in [5.74, 6) is -0.792. The smallest absolute Gasteiger partial charge is 0.245 e. The van der Waals surface area contributed by atoms with E-state index in [-0.39, 0.29) is 54.1 Å². The first-order chi connectivity index (χ1) is 16.4. The van der Waals surface area contributed by atoms with E-state index in [0.29, 0.717) is 5.56 Å². The van der Waals surface area contributed by atoms with Crippen LogP contribution in [-0.2, 0) is 29.6 Å². The molecule has 1 saturated heterocycles. The molecular weight excluding hydrogens is 498 g/mol. The molecule has 1 amide bonds. The highest BCUT2D eigenvalue weighted by atomic mass is 32.2. The molecule has 1 N–H and O–H groups in total. The van der Waals surface area contributed by atoms with E-state index < -0.39 is 32.5 Å². The Balaban J connectivity index is 1.88. The molecule has 1 aliphatic rings. The number of anilines is 2. The number of ether oxygens (including phenoxy) is 2. The van der Waals surface area contributed by atoms with Gasteiger partial charge in [0.15, 0.2) is 5.78 Å². The lowest BCUT2D eigenvalue weighted by Crippen LogP contribution is -2.40. The Bertz CT molecular complexity index is 1320. The maximum absolute atomic E-state index is 13.0. The molecule has 2 aromatic carbocycles. The largest absolute Gasteiger partial charge is 0.495 e. The van der Waals surface area contributed by atoms with Crippen LogP contribution in [0.3, 0.4) is 0 Å². The maximum Gasteiger partial charge on any atom is 0.245 e. The molecule has 0 atom stereocenters. The lowest BCUT2D eigenvalue weighted by molar-refractivity contribution is -0.114. The van der Waals surface area contributed by atoms with Gasteiger partial charge in [-0.3, -0.25) is 13.9 Å². The van der Waals surface area contributed by atoms with Crippen LogP contribution >= 0.6 is 0 Å². The van der Waals surface area contributed by atoms with Crippen molar-refractivity contribution in [2.24, 2.45) is 0 Å². The van der Waals surface area contributed by atoms with Crippen molar-refractivity contribution in [2.75, 3.05) is 55.8 Å². The Hall–Kier alpha value is -3.00. The molecule has 190 valence electrons. The van der Waals surface area contributed by atoms with Crippen LogP contribution < -0.4 is 14.4 Å². The number of morpholine rings is 1. The number of hydrogen-bond donors (Lipinski definition) is 1. The van der Waals surface area contributed by atoms with Gasteiger partial charge in [0.25, 0.3) is 0 Å². The molecule has 1 fully saturated rings. The van der Waals surface area contributed by atoms with Crippen molar-refractivity contribution in [1.82, 2.24) is 4.31 Å². The van der Waals surface area contributed by atoms with Crippen LogP contribution in [0.15, 0.2) is 47.4 Å². The van der Waals surface area contributed by atoms with E-state index in [9.17, 15) is 26.4 Å². The van der Waals surface area contributed by atoms with Crippen molar-refractivity contribution in [2.45, 2.75) is 11.8 Å². The standard InChI is InChI=1S/C22H27N3O8S2/c1-16(26)17-5-4-6-18(13-17)25(34(3,28)29)15-22(27)23-20-14-19(7-8-21(20)32-2)35(30,31)24-9-11-33-12-10-24/h4-8,13-14H,9-12,15H2,1-3H3,(H,23,27). The molecule has 0 spiro atoms. The molecule has 0 aromatic heterocycles. The molecule has 35 heavy (non-hydrogen) atoms. The number of carbonyl (C=O) groups excluding carboxylic acids is 2. The van der Waals surface area contributed by atoms with Crippen molar-refractivity contribution in [3.05, 3.63) is 48.0 Å². The molecule has 0 aliphatic carbocycles. The quantitative estimate of drug-likeness (QED) is 0.484. The summed E-state index contributed by atoms with van der Waals surface area (Å²) in [6, 6.07) is 9.96. The van der Waals surface area contributed by atoms with Gasteiger partial charge in [-0.2, -0.15) is 4.31 Å². The second kappa shape index (κ2) is 10.7. The average molecular weight is 526 g/mol. The van der Waals surface area contributed by atoms with Gasteiger partial charge in [-0.15, -0.1) is 0 Å². The van der Waals surface area contributed by atoms with Crippen molar-refractivity contribution in [3.63, 3.8) is 0 Å². The summed E-state index contributed by atoms with van der Waals surface area (Å²) in [6.45, 7) is 1.72. The SMILES string of the molecule is COc1ccc(S(=O)(=O)N2CCOCC2)cc1NC(=O)CN(c1cccc(C(C)=O)c1)S(C)(=O)=O. The summed E-state index contributed by atoms with van der Waals surface area (Å²) in [7, 11) is -6.37. The number of amides is 1. The molecule has 2 aromatic rings. The highest BCUT2D eigenvalue weighted by Gasteiger charge is 2.28. The monoisotopic (exact) mass is 525 g/mol. The normalized spacial score (nSPS) is 14.8. The third-order valence-electron chi connectivity index (χ3n) is 5.28. The number of Topliss-reactive ketones (excluding diaryl/α,β-unsaturated/α-hetero) is 1. The van der Waals surface area contributed by atoms with Gasteiger partial charge in [0.2, 0.25) is 26.0 Å². The van der Waals surface area contributed by atoms with E-state index in [0.717, 1.165) is 10.6 Å². The Labute approximate surface area is 204 Å². The van der Waals surface area contributed by atoms with Gasteiger partial charge in [0.05, 0.1) is 42.8 Å². The second-order valence-electron chi connectivity index (χ2n) is 7.80. The van der Waals surface area contributed by atoms with Crippen LogP contribution in [0, 0.1) is 0 Å². The zero-order valence-corrected chi connectivity index (χ0v) is 21.2. The molecule has 13 heteroatoms. The number of hydrogen-bond acceptors (Lipinski definition) is 8. The third kappa shape index (κ3) is 6.36. The first-order valence-corrected chi connectivity index (χ1v) is 13.9. The Morgan fingerprint density at radius 3 is 2.37 bits per heavy atom. The van der Waals surface area contributed by atoms with Crippen LogP contribution in [0.1, 0.15) is 17.3 Å². The summed E-state index contributed by atoms with van der Waals surface area (Å²) in [4.78, 5) is 24.5. The van der Waals surface area contributed by atoms with Crippen molar-refractivity contribution >= 4 is 43.1 Å². The molecule has 1 heterocycles. The van der Waals surface area contributed by atoms with Crippen LogP contribution in [-0.4, -0.2) is 79.0 Å². The fourth-order valence-corrected chi connectivity index (χ4v) is 5.76. The predicted octanol–water partition coefficient (Wildman–Crippen LogP) is 1.32. The summed E-state index contributed by atoms with van der Waals surface area (Å²) >= 11 is 0. The van der Waals surface area contributed by atoms with Gasteiger partial charge in [0, 0.05) is 18.7 Å². The minimum Gasteiger partial charge on any atom is -0.495 e. The Morgan fingerprint density at radius 1 is 1.09 bits per heavy atom. The van der Waals surface area contributed by atoms with Gasteiger partial charge in [0.1, 0.15) is 12.3 Å². The van der Waals surface area contributed by atoms with E-state index in [1.165, 1.54) is 60.8 Å². The first-order valence-electron chi connectivity index (χ1n) is 10.6. The summed E-state index contributed by atoms with van der Waals surface area (Å²) in [5.41, 5.74) is 0.503. The zero-order valence-electron chi connectivity index (χ0n) is 19.6. The van der Waals surface area contributed by atoms with Gasteiger partial charge < -0.3 is 14.8 Å². The summed E-state index contributed by atoms with van der Waals surface area (Å²) in [6.07, 6.45) is 0.941. The van der Waals surface area contributed by atoms with Crippen molar-refractivity contribution < 1.29 is 35.9 Å². The number of carbonyl (C=O) groups is 2.